The van der Waals surface area contributed by atoms with E-state index in [4.69, 9.17) is 27.9 Å². The predicted molar refractivity (Wildman–Crippen MR) is 160 cm³/mol. The van der Waals surface area contributed by atoms with Crippen LogP contribution in [0.25, 0.3) is 0 Å². The number of fused-ring (bicyclic) bond motifs is 1. The fourth-order valence-corrected chi connectivity index (χ4v) is 8.33. The molecule has 3 aliphatic carbocycles. The Bertz CT molecular complexity index is 1440. The molecule has 1 amide bonds. The standard InChI is InChI=1S/C32H38Cl2F3N3O4/c1-6-44-29(43)31(5)9-7-18(8-10-31)40-27(32(35,36)37)20(15-38-40)28(42)39(19-13-21-22(14-19)30(21,3)4)16-25(41)26-23(33)11-17(2)12-24(26)34/h11-12,15,18-19,21-22H,6-10,13-14,16H2,1-5H3/t18?,19-,21+,22-,31?. The van der Waals surface area contributed by atoms with Crippen LogP contribution in [0.5, 0.6) is 0 Å². The second kappa shape index (κ2) is 11.6. The maximum absolute atomic E-state index is 14.7. The highest BCUT2D eigenvalue weighted by atomic mass is 35.5. The van der Waals surface area contributed by atoms with Crippen LogP contribution in [0.4, 0.5) is 13.2 Å². The lowest BCUT2D eigenvalue weighted by Crippen LogP contribution is -2.44. The second-order valence-electron chi connectivity index (χ2n) is 13.5. The van der Waals surface area contributed by atoms with Crippen molar-refractivity contribution in [2.75, 3.05) is 13.2 Å². The van der Waals surface area contributed by atoms with Crippen LogP contribution in [0, 0.1) is 29.6 Å². The third-order valence-electron chi connectivity index (χ3n) is 10.3. The summed E-state index contributed by atoms with van der Waals surface area (Å²) < 4.78 is 50.2. The summed E-state index contributed by atoms with van der Waals surface area (Å²) in [5.41, 5.74) is -1.64. The molecule has 240 valence electrons. The van der Waals surface area contributed by atoms with Gasteiger partial charge in [0.25, 0.3) is 5.91 Å². The van der Waals surface area contributed by atoms with E-state index in [1.165, 1.54) is 4.90 Å². The molecule has 44 heavy (non-hydrogen) atoms. The van der Waals surface area contributed by atoms with Crippen molar-refractivity contribution in [3.05, 3.63) is 50.8 Å². The lowest BCUT2D eigenvalue weighted by Gasteiger charge is -2.36. The number of ether oxygens (including phenoxy) is 1. The van der Waals surface area contributed by atoms with Gasteiger partial charge in [-0.05, 0) is 94.2 Å². The van der Waals surface area contributed by atoms with Gasteiger partial charge in [-0.15, -0.1) is 0 Å². The van der Waals surface area contributed by atoms with Crippen molar-refractivity contribution in [3.63, 3.8) is 0 Å². The number of alkyl halides is 3. The third kappa shape index (κ3) is 5.88. The number of carbonyl (C=O) groups excluding carboxylic acids is 3. The Kier molecular flexibility index (Phi) is 8.68. The molecule has 1 heterocycles. The molecule has 0 spiro atoms. The highest BCUT2D eigenvalue weighted by Crippen LogP contribution is 2.67. The van der Waals surface area contributed by atoms with Crippen molar-refractivity contribution in [1.82, 2.24) is 14.7 Å². The number of Topliss-reactive ketones (excluding diaryl/α,β-unsaturated/α-hetero) is 1. The van der Waals surface area contributed by atoms with Crippen molar-refractivity contribution in [3.8, 4) is 0 Å². The van der Waals surface area contributed by atoms with Crippen LogP contribution in [0.15, 0.2) is 18.3 Å². The van der Waals surface area contributed by atoms with E-state index in [-0.39, 0.29) is 46.4 Å². The Hall–Kier alpha value is -2.59. The number of ketones is 1. The summed E-state index contributed by atoms with van der Waals surface area (Å²) in [7, 11) is 0. The zero-order valence-corrected chi connectivity index (χ0v) is 27.1. The van der Waals surface area contributed by atoms with Crippen molar-refractivity contribution in [1.29, 1.82) is 0 Å². The van der Waals surface area contributed by atoms with Gasteiger partial charge in [0.15, 0.2) is 11.5 Å². The van der Waals surface area contributed by atoms with Crippen molar-refractivity contribution < 1.29 is 32.3 Å². The largest absolute Gasteiger partial charge is 0.466 e. The number of benzene rings is 1. The average Bonchev–Trinajstić information content (AvgIpc) is 3.35. The first-order valence-corrected chi connectivity index (χ1v) is 15.9. The molecule has 5 rings (SSSR count). The quantitative estimate of drug-likeness (QED) is 0.213. The Balaban J connectivity index is 1.46. The fraction of sp³-hybridized carbons (Fsp3) is 0.625. The number of aryl methyl sites for hydroxylation is 1. The molecule has 3 aliphatic rings. The number of rotatable bonds is 8. The van der Waals surface area contributed by atoms with Crippen LogP contribution in [-0.2, 0) is 15.7 Å². The number of aromatic nitrogens is 2. The first-order valence-electron chi connectivity index (χ1n) is 15.1. The predicted octanol–water partition coefficient (Wildman–Crippen LogP) is 7.96. The number of hydrogen-bond donors (Lipinski definition) is 0. The highest BCUT2D eigenvalue weighted by Gasteiger charge is 2.63. The highest BCUT2D eigenvalue weighted by molar-refractivity contribution is 6.40. The van der Waals surface area contributed by atoms with E-state index in [0.29, 0.717) is 37.5 Å². The summed E-state index contributed by atoms with van der Waals surface area (Å²) in [6, 6.07) is 2.10. The smallest absolute Gasteiger partial charge is 0.433 e. The maximum Gasteiger partial charge on any atom is 0.433 e. The molecular weight excluding hydrogens is 618 g/mol. The molecule has 7 nitrogen and oxygen atoms in total. The fourth-order valence-electron chi connectivity index (χ4n) is 7.52. The molecule has 2 aromatic rings. The normalized spacial score (nSPS) is 27.5. The van der Waals surface area contributed by atoms with Crippen LogP contribution in [0.1, 0.15) is 104 Å². The number of hydrogen-bond acceptors (Lipinski definition) is 5. The van der Waals surface area contributed by atoms with Gasteiger partial charge in [-0.25, -0.2) is 0 Å². The van der Waals surface area contributed by atoms with Crippen LogP contribution in [-0.4, -0.2) is 51.5 Å². The molecule has 0 N–H and O–H groups in total. The van der Waals surface area contributed by atoms with E-state index in [1.807, 2.05) is 0 Å². The van der Waals surface area contributed by atoms with E-state index in [9.17, 15) is 27.6 Å². The summed E-state index contributed by atoms with van der Waals surface area (Å²) in [5.74, 6) is -1.15. The first kappa shape index (κ1) is 32.8. The average molecular weight is 657 g/mol. The summed E-state index contributed by atoms with van der Waals surface area (Å²) in [4.78, 5) is 41.5. The Morgan fingerprint density at radius 3 is 2.16 bits per heavy atom. The van der Waals surface area contributed by atoms with Crippen molar-refractivity contribution in [2.45, 2.75) is 91.4 Å². The minimum Gasteiger partial charge on any atom is -0.466 e. The van der Waals surface area contributed by atoms with E-state index < -0.39 is 53.2 Å². The minimum absolute atomic E-state index is 0.0406. The van der Waals surface area contributed by atoms with Gasteiger partial charge in [-0.3, -0.25) is 19.1 Å². The molecule has 0 saturated heterocycles. The number of amides is 1. The molecule has 0 aliphatic heterocycles. The SMILES string of the molecule is CCOC(=O)C1(C)CCC(n2ncc(C(=O)N(CC(=O)c3c(Cl)cc(C)cc3Cl)[C@H]3C[C@@H]4[C@H](C3)C4(C)C)c2C(F)(F)F)CC1. The van der Waals surface area contributed by atoms with Crippen LogP contribution in [0.3, 0.4) is 0 Å². The van der Waals surface area contributed by atoms with Crippen molar-refractivity contribution >= 4 is 40.9 Å². The van der Waals surface area contributed by atoms with Gasteiger partial charge in [0.1, 0.15) is 0 Å². The third-order valence-corrected chi connectivity index (χ3v) is 10.9. The molecule has 12 heteroatoms. The number of nitrogens with zero attached hydrogens (tertiary/aromatic N) is 3. The van der Waals surface area contributed by atoms with Gasteiger partial charge in [0.2, 0.25) is 0 Å². The molecule has 3 fully saturated rings. The number of carbonyl (C=O) groups is 3. The van der Waals surface area contributed by atoms with Crippen LogP contribution >= 0.6 is 23.2 Å². The monoisotopic (exact) mass is 655 g/mol. The molecule has 0 unspecified atom stereocenters. The van der Waals surface area contributed by atoms with Crippen LogP contribution < -0.4 is 0 Å². The van der Waals surface area contributed by atoms with Gasteiger partial charge >= 0.3 is 12.1 Å². The topological polar surface area (TPSA) is 81.5 Å². The molecular formula is C32H38Cl2F3N3O4. The maximum atomic E-state index is 14.7. The molecule has 1 aromatic carbocycles. The van der Waals surface area contributed by atoms with E-state index in [1.54, 1.807) is 32.9 Å². The molecule has 0 bridgehead atoms. The van der Waals surface area contributed by atoms with Gasteiger partial charge < -0.3 is 9.64 Å². The Morgan fingerprint density at radius 1 is 1.07 bits per heavy atom. The lowest BCUT2D eigenvalue weighted by atomic mass is 9.74. The zero-order chi connectivity index (χ0) is 32.4. The lowest BCUT2D eigenvalue weighted by molar-refractivity contribution is -0.157. The van der Waals surface area contributed by atoms with E-state index in [2.05, 4.69) is 18.9 Å². The molecule has 3 saturated carbocycles. The molecule has 1 aromatic heterocycles. The van der Waals surface area contributed by atoms with Gasteiger partial charge in [0, 0.05) is 6.04 Å². The summed E-state index contributed by atoms with van der Waals surface area (Å²) in [6.07, 6.45) is -1.54. The van der Waals surface area contributed by atoms with Crippen LogP contribution in [0.2, 0.25) is 10.0 Å². The van der Waals surface area contributed by atoms with Crippen molar-refractivity contribution in [2.24, 2.45) is 22.7 Å². The summed E-state index contributed by atoms with van der Waals surface area (Å²) >= 11 is 12.7. The zero-order valence-electron chi connectivity index (χ0n) is 25.6. The Morgan fingerprint density at radius 2 is 1.64 bits per heavy atom. The summed E-state index contributed by atoms with van der Waals surface area (Å²) in [6.45, 7) is 9.29. The molecule has 3 atom stereocenters. The summed E-state index contributed by atoms with van der Waals surface area (Å²) in [5, 5.41) is 4.34. The molecule has 0 radical (unpaired) electrons. The van der Waals surface area contributed by atoms with E-state index in [0.717, 1.165) is 16.4 Å². The second-order valence-corrected chi connectivity index (χ2v) is 14.3. The Labute approximate surface area is 265 Å². The van der Waals surface area contributed by atoms with Gasteiger partial charge in [-0.1, -0.05) is 37.0 Å². The number of halogens is 5. The van der Waals surface area contributed by atoms with Gasteiger partial charge in [-0.2, -0.15) is 18.3 Å². The first-order chi connectivity index (χ1) is 20.5. The minimum atomic E-state index is -4.89. The number of esters is 1. The van der Waals surface area contributed by atoms with E-state index >= 15 is 0 Å². The van der Waals surface area contributed by atoms with Gasteiger partial charge in [0.05, 0.1) is 52.0 Å².